The molecular weight excluding hydrogens is 234 g/mol. The number of piperidine rings is 1. The zero-order valence-electron chi connectivity index (χ0n) is 10.9. The van der Waals surface area contributed by atoms with Crippen molar-refractivity contribution in [1.82, 2.24) is 15.5 Å². The van der Waals surface area contributed by atoms with Crippen LogP contribution >= 0.6 is 0 Å². The number of amides is 1. The van der Waals surface area contributed by atoms with Gasteiger partial charge in [0.2, 0.25) is 0 Å². The molecule has 1 unspecified atom stereocenters. The molecule has 3 N–H and O–H groups in total. The number of nitrogens with zero attached hydrogens (tertiary/aromatic N) is 1. The molecule has 2 rings (SSSR count). The fourth-order valence-electron chi connectivity index (χ4n) is 2.79. The molecule has 6 heteroatoms. The third kappa shape index (κ3) is 3.57. The average Bonchev–Trinajstić information content (AvgIpc) is 2.76. The molecule has 0 aromatic rings. The zero-order chi connectivity index (χ0) is 13.0. The lowest BCUT2D eigenvalue weighted by Gasteiger charge is -2.35. The number of methoxy groups -OCH3 is 1. The number of ether oxygens (including phenoxy) is 1. The average molecular weight is 257 g/mol. The molecule has 1 atom stereocenters. The number of hydrogen-bond acceptors (Lipinski definition) is 5. The topological polar surface area (TPSA) is 73.8 Å². The van der Waals surface area contributed by atoms with Crippen LogP contribution in [0.3, 0.4) is 0 Å². The van der Waals surface area contributed by atoms with E-state index in [0.29, 0.717) is 6.54 Å². The zero-order valence-corrected chi connectivity index (χ0v) is 10.9. The summed E-state index contributed by atoms with van der Waals surface area (Å²) in [6, 6.07) is 0.141. The van der Waals surface area contributed by atoms with E-state index in [1.807, 2.05) is 0 Å². The van der Waals surface area contributed by atoms with E-state index in [9.17, 15) is 9.90 Å². The van der Waals surface area contributed by atoms with Gasteiger partial charge in [0.05, 0.1) is 12.7 Å². The van der Waals surface area contributed by atoms with E-state index in [0.717, 1.165) is 45.4 Å². The number of carbonyl (C=O) groups excluding carboxylic acids is 1. The molecule has 2 fully saturated rings. The molecule has 1 amide bonds. The first-order chi connectivity index (χ1) is 8.61. The van der Waals surface area contributed by atoms with Gasteiger partial charge in [0.15, 0.2) is 0 Å². The molecule has 0 spiro atoms. The quantitative estimate of drug-likeness (QED) is 0.637. The molecule has 0 radical (unpaired) electrons. The number of carbonyl (C=O) groups is 1. The fourth-order valence-corrected chi connectivity index (χ4v) is 2.79. The summed E-state index contributed by atoms with van der Waals surface area (Å²) in [5.74, 6) is 0. The lowest BCUT2D eigenvalue weighted by Crippen LogP contribution is -2.49. The van der Waals surface area contributed by atoms with Crippen LogP contribution in [-0.2, 0) is 4.74 Å². The molecular formula is C12H23N3O3. The Morgan fingerprint density at radius 3 is 2.94 bits per heavy atom. The third-order valence-corrected chi connectivity index (χ3v) is 3.83. The van der Waals surface area contributed by atoms with Crippen LogP contribution in [0.4, 0.5) is 4.79 Å². The van der Waals surface area contributed by atoms with Crippen LogP contribution in [0.5, 0.6) is 0 Å². The van der Waals surface area contributed by atoms with E-state index in [1.54, 1.807) is 0 Å². The van der Waals surface area contributed by atoms with Crippen LogP contribution < -0.4 is 10.6 Å². The molecule has 2 aliphatic rings. The smallest absolute Gasteiger partial charge is 0.407 e. The highest BCUT2D eigenvalue weighted by Gasteiger charge is 2.34. The summed E-state index contributed by atoms with van der Waals surface area (Å²) in [6.07, 6.45) is 2.16. The Morgan fingerprint density at radius 2 is 2.28 bits per heavy atom. The monoisotopic (exact) mass is 257 g/mol. The van der Waals surface area contributed by atoms with Gasteiger partial charge in [-0.1, -0.05) is 0 Å². The van der Waals surface area contributed by atoms with Crippen molar-refractivity contribution in [1.29, 1.82) is 0 Å². The van der Waals surface area contributed by atoms with Gasteiger partial charge in [-0.25, -0.2) is 4.79 Å². The third-order valence-electron chi connectivity index (χ3n) is 3.83. The molecule has 0 aliphatic carbocycles. The SMILES string of the molecule is COC(=O)NC1CCN(CC2(O)CCNCC2)C1. The highest BCUT2D eigenvalue weighted by atomic mass is 16.5. The largest absolute Gasteiger partial charge is 0.453 e. The van der Waals surface area contributed by atoms with Crippen LogP contribution in [0.1, 0.15) is 19.3 Å². The molecule has 6 nitrogen and oxygen atoms in total. The number of hydrogen-bond donors (Lipinski definition) is 3. The summed E-state index contributed by atoms with van der Waals surface area (Å²) in [5.41, 5.74) is -0.564. The summed E-state index contributed by atoms with van der Waals surface area (Å²) in [5, 5.41) is 16.5. The predicted octanol–water partition coefficient (Wildman–Crippen LogP) is -0.469. The number of alkyl carbamates (subject to hydrolysis) is 1. The molecule has 0 bridgehead atoms. The molecule has 0 saturated carbocycles. The molecule has 0 aromatic heterocycles. The molecule has 18 heavy (non-hydrogen) atoms. The van der Waals surface area contributed by atoms with E-state index < -0.39 is 5.60 Å². The first-order valence-corrected chi connectivity index (χ1v) is 6.61. The van der Waals surface area contributed by atoms with Crippen molar-refractivity contribution < 1.29 is 14.6 Å². The van der Waals surface area contributed by atoms with E-state index in [1.165, 1.54) is 7.11 Å². The van der Waals surface area contributed by atoms with Gasteiger partial charge in [0, 0.05) is 25.7 Å². The summed E-state index contributed by atoms with van der Waals surface area (Å²) in [7, 11) is 1.37. The maximum absolute atomic E-state index is 11.1. The van der Waals surface area contributed by atoms with Crippen molar-refractivity contribution in [2.24, 2.45) is 0 Å². The normalized spacial score (nSPS) is 28.0. The van der Waals surface area contributed by atoms with E-state index in [-0.39, 0.29) is 12.1 Å². The minimum Gasteiger partial charge on any atom is -0.453 e. The van der Waals surface area contributed by atoms with Gasteiger partial charge < -0.3 is 20.5 Å². The van der Waals surface area contributed by atoms with Crippen LogP contribution in [-0.4, -0.2) is 67.6 Å². The van der Waals surface area contributed by atoms with Gasteiger partial charge in [-0.2, -0.15) is 0 Å². The van der Waals surface area contributed by atoms with Gasteiger partial charge in [0.1, 0.15) is 0 Å². The second-order valence-electron chi connectivity index (χ2n) is 5.33. The van der Waals surface area contributed by atoms with Crippen LogP contribution in [0.25, 0.3) is 0 Å². The highest BCUT2D eigenvalue weighted by molar-refractivity contribution is 5.67. The Hall–Kier alpha value is -0.850. The highest BCUT2D eigenvalue weighted by Crippen LogP contribution is 2.21. The molecule has 0 aromatic carbocycles. The Kier molecular flexibility index (Phi) is 4.42. The van der Waals surface area contributed by atoms with Gasteiger partial charge >= 0.3 is 6.09 Å². The fraction of sp³-hybridized carbons (Fsp3) is 0.917. The molecule has 2 aliphatic heterocycles. The van der Waals surface area contributed by atoms with Gasteiger partial charge in [-0.3, -0.25) is 4.90 Å². The van der Waals surface area contributed by atoms with E-state index >= 15 is 0 Å². The van der Waals surface area contributed by atoms with Crippen molar-refractivity contribution in [3.8, 4) is 0 Å². The van der Waals surface area contributed by atoms with E-state index in [4.69, 9.17) is 0 Å². The lowest BCUT2D eigenvalue weighted by molar-refractivity contribution is -0.0161. The van der Waals surface area contributed by atoms with Crippen molar-refractivity contribution in [2.45, 2.75) is 30.9 Å². The van der Waals surface area contributed by atoms with Gasteiger partial charge in [0.25, 0.3) is 0 Å². The lowest BCUT2D eigenvalue weighted by atomic mass is 9.92. The standard InChI is InChI=1S/C12H23N3O3/c1-18-11(16)14-10-2-7-15(8-10)9-12(17)3-5-13-6-4-12/h10,13,17H,2-9H2,1H3,(H,14,16). The van der Waals surface area contributed by atoms with Crippen LogP contribution in [0, 0.1) is 0 Å². The summed E-state index contributed by atoms with van der Waals surface area (Å²) in [6.45, 7) is 4.19. The number of aliphatic hydroxyl groups is 1. The second kappa shape index (κ2) is 5.86. The second-order valence-corrected chi connectivity index (χ2v) is 5.33. The number of rotatable bonds is 3. The summed E-state index contributed by atoms with van der Waals surface area (Å²) in [4.78, 5) is 13.3. The number of nitrogens with one attached hydrogen (secondary N) is 2. The first kappa shape index (κ1) is 13.6. The minimum atomic E-state index is -0.564. The summed E-state index contributed by atoms with van der Waals surface area (Å²) < 4.78 is 4.59. The minimum absolute atomic E-state index is 0.141. The summed E-state index contributed by atoms with van der Waals surface area (Å²) >= 11 is 0. The maximum atomic E-state index is 11.1. The Labute approximate surface area is 108 Å². The van der Waals surface area contributed by atoms with Crippen LogP contribution in [0.2, 0.25) is 0 Å². The number of likely N-dealkylation sites (tertiary alicyclic amines) is 1. The number of β-amino-alcohol motifs (C(OH)–C–C–N with tert-alkyl or cyclic N) is 1. The molecule has 2 saturated heterocycles. The predicted molar refractivity (Wildman–Crippen MR) is 67.4 cm³/mol. The van der Waals surface area contributed by atoms with Crippen LogP contribution in [0.15, 0.2) is 0 Å². The van der Waals surface area contributed by atoms with Crippen molar-refractivity contribution in [3.63, 3.8) is 0 Å². The Balaban J connectivity index is 1.76. The Bertz CT molecular complexity index is 292. The maximum Gasteiger partial charge on any atom is 0.407 e. The van der Waals surface area contributed by atoms with E-state index in [2.05, 4.69) is 20.3 Å². The van der Waals surface area contributed by atoms with Gasteiger partial charge in [-0.05, 0) is 32.4 Å². The Morgan fingerprint density at radius 1 is 1.56 bits per heavy atom. The first-order valence-electron chi connectivity index (χ1n) is 6.61. The van der Waals surface area contributed by atoms with Crippen molar-refractivity contribution in [3.05, 3.63) is 0 Å². The van der Waals surface area contributed by atoms with Gasteiger partial charge in [-0.15, -0.1) is 0 Å². The molecule has 104 valence electrons. The molecule has 2 heterocycles. The van der Waals surface area contributed by atoms with Crippen molar-refractivity contribution >= 4 is 6.09 Å². The van der Waals surface area contributed by atoms with Crippen molar-refractivity contribution in [2.75, 3.05) is 39.8 Å².